The third kappa shape index (κ3) is 5.47. The maximum atomic E-state index is 11.5. The summed E-state index contributed by atoms with van der Waals surface area (Å²) in [5, 5.41) is 12.7. The van der Waals surface area contributed by atoms with Gasteiger partial charge >= 0.3 is 6.03 Å². The average molecular weight is 297 g/mol. The van der Waals surface area contributed by atoms with Gasteiger partial charge in [0.15, 0.2) is 0 Å². The lowest BCUT2D eigenvalue weighted by Gasteiger charge is -2.38. The maximum Gasteiger partial charge on any atom is 0.314 e. The van der Waals surface area contributed by atoms with Crippen LogP contribution in [0.3, 0.4) is 0 Å². The van der Waals surface area contributed by atoms with Gasteiger partial charge < -0.3 is 21.1 Å². The number of primary amides is 1. The molecule has 2 fully saturated rings. The second kappa shape index (κ2) is 8.59. The SMILES string of the molecule is NC(=O)N1CC(CCCO)CC(NCC2CCCCC2)C1. The van der Waals surface area contributed by atoms with E-state index in [-0.39, 0.29) is 12.6 Å². The lowest BCUT2D eigenvalue weighted by atomic mass is 9.87. The smallest absolute Gasteiger partial charge is 0.314 e. The molecule has 21 heavy (non-hydrogen) atoms. The third-order valence-corrected chi connectivity index (χ3v) is 5.04. The predicted octanol–water partition coefficient (Wildman–Crippen LogP) is 1.70. The van der Waals surface area contributed by atoms with E-state index < -0.39 is 0 Å². The van der Waals surface area contributed by atoms with E-state index >= 15 is 0 Å². The standard InChI is InChI=1S/C16H31N3O2/c17-16(21)19-11-14(7-4-8-20)9-15(12-19)18-10-13-5-2-1-3-6-13/h13-15,18,20H,1-12H2,(H2,17,21). The average Bonchev–Trinajstić information content (AvgIpc) is 2.51. The van der Waals surface area contributed by atoms with Crippen LogP contribution in [0.25, 0.3) is 0 Å². The van der Waals surface area contributed by atoms with Crippen LogP contribution in [0.5, 0.6) is 0 Å². The van der Waals surface area contributed by atoms with Crippen LogP contribution >= 0.6 is 0 Å². The van der Waals surface area contributed by atoms with Crippen LogP contribution in [0.1, 0.15) is 51.4 Å². The fraction of sp³-hybridized carbons (Fsp3) is 0.938. The van der Waals surface area contributed by atoms with Gasteiger partial charge in [-0.3, -0.25) is 0 Å². The van der Waals surface area contributed by atoms with Crippen molar-refractivity contribution in [1.29, 1.82) is 0 Å². The van der Waals surface area contributed by atoms with Crippen molar-refractivity contribution < 1.29 is 9.90 Å². The number of nitrogens with two attached hydrogens (primary N) is 1. The zero-order chi connectivity index (χ0) is 15.1. The molecule has 1 heterocycles. The Labute approximate surface area is 128 Å². The Morgan fingerprint density at radius 3 is 2.62 bits per heavy atom. The van der Waals surface area contributed by atoms with Crippen LogP contribution in [0, 0.1) is 11.8 Å². The van der Waals surface area contributed by atoms with Gasteiger partial charge in [-0.15, -0.1) is 0 Å². The minimum Gasteiger partial charge on any atom is -0.396 e. The highest BCUT2D eigenvalue weighted by molar-refractivity contribution is 5.72. The number of carbonyl (C=O) groups excluding carboxylic acids is 1. The molecule has 2 amide bonds. The molecule has 0 aromatic rings. The van der Waals surface area contributed by atoms with Crippen LogP contribution in [0.2, 0.25) is 0 Å². The normalized spacial score (nSPS) is 27.8. The van der Waals surface area contributed by atoms with Gasteiger partial charge in [-0.25, -0.2) is 4.79 Å². The molecule has 0 aromatic carbocycles. The minimum absolute atomic E-state index is 0.229. The van der Waals surface area contributed by atoms with E-state index in [0.29, 0.717) is 12.0 Å². The number of urea groups is 1. The van der Waals surface area contributed by atoms with E-state index in [4.69, 9.17) is 10.8 Å². The quantitative estimate of drug-likeness (QED) is 0.698. The first-order chi connectivity index (χ1) is 10.2. The second-order valence-corrected chi connectivity index (χ2v) is 6.82. The van der Waals surface area contributed by atoms with Crippen molar-refractivity contribution in [2.75, 3.05) is 26.2 Å². The minimum atomic E-state index is -0.312. The zero-order valence-electron chi connectivity index (χ0n) is 13.1. The molecule has 0 bridgehead atoms. The number of rotatable bonds is 6. The van der Waals surface area contributed by atoms with Gasteiger partial charge in [0.1, 0.15) is 0 Å². The van der Waals surface area contributed by atoms with Crippen molar-refractivity contribution in [3.63, 3.8) is 0 Å². The van der Waals surface area contributed by atoms with Crippen molar-refractivity contribution in [3.8, 4) is 0 Å². The van der Waals surface area contributed by atoms with Crippen LogP contribution in [-0.4, -0.2) is 48.3 Å². The second-order valence-electron chi connectivity index (χ2n) is 6.82. The number of likely N-dealkylation sites (tertiary alicyclic amines) is 1. The first kappa shape index (κ1) is 16.6. The van der Waals surface area contributed by atoms with Crippen molar-refractivity contribution >= 4 is 6.03 Å². The molecule has 4 N–H and O–H groups in total. The number of carbonyl (C=O) groups is 1. The topological polar surface area (TPSA) is 78.6 Å². The molecule has 0 spiro atoms. The van der Waals surface area contributed by atoms with Gasteiger partial charge in [-0.05, 0) is 50.5 Å². The summed E-state index contributed by atoms with van der Waals surface area (Å²) in [5.41, 5.74) is 5.47. The zero-order valence-corrected chi connectivity index (χ0v) is 13.1. The molecule has 2 aliphatic rings. The Morgan fingerprint density at radius 1 is 1.19 bits per heavy atom. The van der Waals surface area contributed by atoms with Gasteiger partial charge in [0.2, 0.25) is 0 Å². The molecule has 0 aromatic heterocycles. The number of nitrogens with one attached hydrogen (secondary N) is 1. The third-order valence-electron chi connectivity index (χ3n) is 5.04. The summed E-state index contributed by atoms with van der Waals surface area (Å²) in [6.07, 6.45) is 9.68. The summed E-state index contributed by atoms with van der Waals surface area (Å²) in [7, 11) is 0. The predicted molar refractivity (Wildman–Crippen MR) is 83.9 cm³/mol. The highest BCUT2D eigenvalue weighted by atomic mass is 16.3. The van der Waals surface area contributed by atoms with Crippen molar-refractivity contribution in [3.05, 3.63) is 0 Å². The molecule has 2 atom stereocenters. The van der Waals surface area contributed by atoms with E-state index in [1.165, 1.54) is 32.1 Å². The fourth-order valence-corrected chi connectivity index (χ4v) is 3.85. The van der Waals surface area contributed by atoms with Gasteiger partial charge in [0.05, 0.1) is 0 Å². The Morgan fingerprint density at radius 2 is 1.95 bits per heavy atom. The molecular weight excluding hydrogens is 266 g/mol. The number of hydrogen-bond donors (Lipinski definition) is 3. The largest absolute Gasteiger partial charge is 0.396 e. The lowest BCUT2D eigenvalue weighted by Crippen LogP contribution is -2.53. The lowest BCUT2D eigenvalue weighted by molar-refractivity contribution is 0.141. The molecule has 5 nitrogen and oxygen atoms in total. The molecule has 2 unspecified atom stereocenters. The van der Waals surface area contributed by atoms with Gasteiger partial charge in [-0.1, -0.05) is 19.3 Å². The van der Waals surface area contributed by atoms with Crippen molar-refractivity contribution in [1.82, 2.24) is 10.2 Å². The van der Waals surface area contributed by atoms with Gasteiger partial charge in [0, 0.05) is 25.7 Å². The summed E-state index contributed by atoms with van der Waals surface area (Å²) >= 11 is 0. The summed E-state index contributed by atoms with van der Waals surface area (Å²) < 4.78 is 0. The van der Waals surface area contributed by atoms with Crippen molar-refractivity contribution in [2.24, 2.45) is 17.6 Å². The summed E-state index contributed by atoms with van der Waals surface area (Å²) in [6.45, 7) is 2.78. The van der Waals surface area contributed by atoms with Crippen LogP contribution < -0.4 is 11.1 Å². The maximum absolute atomic E-state index is 11.5. The number of aliphatic hydroxyl groups excluding tert-OH is 1. The Bertz CT molecular complexity index is 319. The first-order valence-corrected chi connectivity index (χ1v) is 8.57. The van der Waals surface area contributed by atoms with E-state index in [9.17, 15) is 4.79 Å². The molecule has 1 saturated carbocycles. The number of aliphatic hydroxyl groups is 1. The molecule has 0 radical (unpaired) electrons. The van der Waals surface area contributed by atoms with Gasteiger partial charge in [0.25, 0.3) is 0 Å². The van der Waals surface area contributed by atoms with Gasteiger partial charge in [-0.2, -0.15) is 0 Å². The molecular formula is C16H31N3O2. The number of hydrogen-bond acceptors (Lipinski definition) is 3. The fourth-order valence-electron chi connectivity index (χ4n) is 3.85. The van der Waals surface area contributed by atoms with Crippen LogP contribution in [-0.2, 0) is 0 Å². The molecule has 122 valence electrons. The van der Waals surface area contributed by atoms with E-state index in [2.05, 4.69) is 5.32 Å². The number of piperidine rings is 1. The molecule has 2 rings (SSSR count). The first-order valence-electron chi connectivity index (χ1n) is 8.57. The van der Waals surface area contributed by atoms with Crippen molar-refractivity contribution in [2.45, 2.75) is 57.4 Å². The summed E-state index contributed by atoms with van der Waals surface area (Å²) in [4.78, 5) is 13.3. The summed E-state index contributed by atoms with van der Waals surface area (Å²) in [5.74, 6) is 1.26. The molecule has 1 saturated heterocycles. The van der Waals surface area contributed by atoms with E-state index in [1.807, 2.05) is 0 Å². The Kier molecular flexibility index (Phi) is 6.77. The molecule has 5 heteroatoms. The monoisotopic (exact) mass is 297 g/mol. The Balaban J connectivity index is 1.79. The van der Waals surface area contributed by atoms with E-state index in [0.717, 1.165) is 44.8 Å². The van der Waals surface area contributed by atoms with E-state index in [1.54, 1.807) is 4.90 Å². The molecule has 1 aliphatic carbocycles. The number of nitrogens with zero attached hydrogens (tertiary/aromatic N) is 1. The Hall–Kier alpha value is -0.810. The molecule has 1 aliphatic heterocycles. The number of amides is 2. The van der Waals surface area contributed by atoms with Crippen LogP contribution in [0.4, 0.5) is 4.79 Å². The van der Waals surface area contributed by atoms with Crippen LogP contribution in [0.15, 0.2) is 0 Å². The highest BCUT2D eigenvalue weighted by Crippen LogP contribution is 2.25. The summed E-state index contributed by atoms with van der Waals surface area (Å²) in [6, 6.07) is 0.0463. The highest BCUT2D eigenvalue weighted by Gasteiger charge is 2.29.